The largest absolute Gasteiger partial charge is 0.493 e. The van der Waals surface area contributed by atoms with Crippen molar-refractivity contribution in [2.75, 3.05) is 7.11 Å². The zero-order valence-electron chi connectivity index (χ0n) is 16.5. The van der Waals surface area contributed by atoms with Crippen molar-refractivity contribution in [3.63, 3.8) is 0 Å². The maximum atomic E-state index is 14.0. The molecule has 0 fully saturated rings. The molecular weight excluding hydrogens is 421 g/mol. The molecule has 0 N–H and O–H groups in total. The highest BCUT2D eigenvalue weighted by molar-refractivity contribution is 6.31. The topological polar surface area (TPSA) is 57.1 Å². The Morgan fingerprint density at radius 3 is 2.61 bits per heavy atom. The average molecular weight is 438 g/mol. The van der Waals surface area contributed by atoms with E-state index in [1.54, 1.807) is 30.3 Å². The van der Waals surface area contributed by atoms with Gasteiger partial charge in [-0.3, -0.25) is 0 Å². The summed E-state index contributed by atoms with van der Waals surface area (Å²) in [5.41, 5.74) is 2.51. The lowest BCUT2D eigenvalue weighted by Gasteiger charge is -2.13. The van der Waals surface area contributed by atoms with Crippen molar-refractivity contribution >= 4 is 29.4 Å². The number of methoxy groups -OCH3 is 1. The number of ether oxygens (including phenoxy) is 2. The van der Waals surface area contributed by atoms with E-state index in [4.69, 9.17) is 25.9 Å². The molecule has 5 nitrogen and oxygen atoms in total. The number of oxime groups is 1. The fourth-order valence-electron chi connectivity index (χ4n) is 3.09. The van der Waals surface area contributed by atoms with Crippen LogP contribution in [0.1, 0.15) is 16.7 Å². The van der Waals surface area contributed by atoms with Gasteiger partial charge in [-0.15, -0.1) is 0 Å². The molecule has 0 aliphatic carbocycles. The highest BCUT2D eigenvalue weighted by Gasteiger charge is 2.26. The molecule has 4 rings (SSSR count). The lowest BCUT2D eigenvalue weighted by molar-refractivity contribution is -0.136. The van der Waals surface area contributed by atoms with Crippen molar-refractivity contribution in [3.05, 3.63) is 99.8 Å². The van der Waals surface area contributed by atoms with Gasteiger partial charge in [0, 0.05) is 11.1 Å². The third-order valence-corrected chi connectivity index (χ3v) is 5.03. The first-order valence-corrected chi connectivity index (χ1v) is 9.75. The van der Waals surface area contributed by atoms with E-state index in [0.717, 1.165) is 5.56 Å². The SMILES string of the molecule is COc1cc(C=C2C(=O)ON=C2c2ccccc2)ccc1OCc1c(F)cccc1Cl. The minimum atomic E-state index is -0.535. The van der Waals surface area contributed by atoms with Crippen LogP contribution in [0.3, 0.4) is 0 Å². The van der Waals surface area contributed by atoms with Gasteiger partial charge in [-0.2, -0.15) is 0 Å². The van der Waals surface area contributed by atoms with E-state index in [0.29, 0.717) is 28.3 Å². The van der Waals surface area contributed by atoms with Crippen LogP contribution in [0.2, 0.25) is 5.02 Å². The lowest BCUT2D eigenvalue weighted by atomic mass is 10.0. The van der Waals surface area contributed by atoms with Crippen molar-refractivity contribution in [2.24, 2.45) is 5.16 Å². The molecule has 1 aliphatic heterocycles. The Bertz CT molecular complexity index is 1170. The molecule has 1 heterocycles. The van der Waals surface area contributed by atoms with Gasteiger partial charge in [-0.05, 0) is 35.9 Å². The molecule has 0 radical (unpaired) electrons. The van der Waals surface area contributed by atoms with Crippen LogP contribution in [0.25, 0.3) is 6.08 Å². The number of nitrogens with zero attached hydrogens (tertiary/aromatic N) is 1. The summed E-state index contributed by atoms with van der Waals surface area (Å²) in [6.45, 7) is -0.0561. The van der Waals surface area contributed by atoms with Crippen molar-refractivity contribution < 1.29 is 23.5 Å². The summed E-state index contributed by atoms with van der Waals surface area (Å²) in [4.78, 5) is 17.1. The summed E-state index contributed by atoms with van der Waals surface area (Å²) in [6.07, 6.45) is 1.67. The normalized spacial score (nSPS) is 14.4. The number of rotatable bonds is 6. The first kappa shape index (κ1) is 20.6. The molecule has 0 amide bonds. The summed E-state index contributed by atoms with van der Waals surface area (Å²) in [5.74, 6) is -0.145. The van der Waals surface area contributed by atoms with Gasteiger partial charge in [0.2, 0.25) is 0 Å². The number of hydrogen-bond donors (Lipinski definition) is 0. The molecule has 0 atom stereocenters. The van der Waals surface area contributed by atoms with E-state index in [-0.39, 0.29) is 17.2 Å². The average Bonchev–Trinajstić information content (AvgIpc) is 3.14. The number of halogens is 2. The van der Waals surface area contributed by atoms with Crippen LogP contribution in [0.4, 0.5) is 4.39 Å². The third kappa shape index (κ3) is 4.44. The second-order valence-electron chi connectivity index (χ2n) is 6.64. The highest BCUT2D eigenvalue weighted by atomic mass is 35.5. The highest BCUT2D eigenvalue weighted by Crippen LogP contribution is 2.31. The number of carbonyl (C=O) groups excluding carboxylic acids is 1. The van der Waals surface area contributed by atoms with Gasteiger partial charge in [0.15, 0.2) is 11.5 Å². The van der Waals surface area contributed by atoms with E-state index in [2.05, 4.69) is 5.16 Å². The first-order valence-electron chi connectivity index (χ1n) is 9.37. The summed E-state index contributed by atoms with van der Waals surface area (Å²) < 4.78 is 25.1. The molecule has 156 valence electrons. The van der Waals surface area contributed by atoms with Crippen LogP contribution in [0.5, 0.6) is 11.5 Å². The minimum Gasteiger partial charge on any atom is -0.493 e. The first-order chi connectivity index (χ1) is 15.1. The third-order valence-electron chi connectivity index (χ3n) is 4.67. The van der Waals surface area contributed by atoms with Gasteiger partial charge in [0.25, 0.3) is 0 Å². The van der Waals surface area contributed by atoms with Gasteiger partial charge >= 0.3 is 5.97 Å². The standard InChI is InChI=1S/C24H17ClFNO4/c1-29-22-13-15(10-11-21(22)30-14-18-19(25)8-5-9-20(18)26)12-17-23(27-31-24(17)28)16-6-3-2-4-7-16/h2-13H,14H2,1H3. The fourth-order valence-corrected chi connectivity index (χ4v) is 3.31. The van der Waals surface area contributed by atoms with Gasteiger partial charge in [-0.1, -0.05) is 59.2 Å². The monoisotopic (exact) mass is 437 g/mol. The summed E-state index contributed by atoms with van der Waals surface area (Å²) >= 11 is 6.05. The van der Waals surface area contributed by atoms with E-state index in [1.807, 2.05) is 30.3 Å². The number of hydrogen-bond acceptors (Lipinski definition) is 5. The smallest absolute Gasteiger partial charge is 0.368 e. The molecule has 31 heavy (non-hydrogen) atoms. The molecule has 1 aliphatic rings. The molecular formula is C24H17ClFNO4. The van der Waals surface area contributed by atoms with E-state index in [9.17, 15) is 9.18 Å². The molecule has 0 aromatic heterocycles. The maximum absolute atomic E-state index is 14.0. The van der Waals surface area contributed by atoms with Gasteiger partial charge in [-0.25, -0.2) is 9.18 Å². The molecule has 0 bridgehead atoms. The van der Waals surface area contributed by atoms with Crippen molar-refractivity contribution in [1.82, 2.24) is 0 Å². The van der Waals surface area contributed by atoms with Crippen LogP contribution in [0, 0.1) is 5.82 Å². The van der Waals surface area contributed by atoms with Crippen molar-refractivity contribution in [3.8, 4) is 11.5 Å². The van der Waals surface area contributed by atoms with Crippen molar-refractivity contribution in [2.45, 2.75) is 6.61 Å². The van der Waals surface area contributed by atoms with Crippen molar-refractivity contribution in [1.29, 1.82) is 0 Å². The van der Waals surface area contributed by atoms with Crippen LogP contribution in [0.15, 0.2) is 77.5 Å². The fraction of sp³-hybridized carbons (Fsp3) is 0.0833. The minimum absolute atomic E-state index is 0.0561. The zero-order valence-corrected chi connectivity index (χ0v) is 17.2. The lowest BCUT2D eigenvalue weighted by Crippen LogP contribution is -2.06. The van der Waals surface area contributed by atoms with E-state index < -0.39 is 11.8 Å². The van der Waals surface area contributed by atoms with Gasteiger partial charge in [0.1, 0.15) is 18.1 Å². The maximum Gasteiger partial charge on any atom is 0.368 e. The van der Waals surface area contributed by atoms with E-state index in [1.165, 1.54) is 19.2 Å². The molecule has 0 unspecified atom stereocenters. The van der Waals surface area contributed by atoms with Gasteiger partial charge in [0.05, 0.1) is 17.7 Å². The second kappa shape index (κ2) is 9.02. The second-order valence-corrected chi connectivity index (χ2v) is 7.05. The Hall–Kier alpha value is -3.64. The predicted molar refractivity (Wildman–Crippen MR) is 116 cm³/mol. The Balaban J connectivity index is 1.59. The molecule has 0 saturated heterocycles. The number of carbonyl (C=O) groups is 1. The Morgan fingerprint density at radius 2 is 1.87 bits per heavy atom. The molecule has 7 heteroatoms. The van der Waals surface area contributed by atoms with Crippen LogP contribution < -0.4 is 9.47 Å². The van der Waals surface area contributed by atoms with Crippen LogP contribution in [-0.4, -0.2) is 18.8 Å². The molecule has 3 aromatic carbocycles. The zero-order chi connectivity index (χ0) is 21.8. The number of benzene rings is 3. The van der Waals surface area contributed by atoms with Crippen LogP contribution in [-0.2, 0) is 16.2 Å². The Labute approximate surface area is 183 Å². The Kier molecular flexibility index (Phi) is 6.00. The van der Waals surface area contributed by atoms with Gasteiger partial charge < -0.3 is 14.3 Å². The van der Waals surface area contributed by atoms with Crippen LogP contribution >= 0.6 is 11.6 Å². The summed E-state index contributed by atoms with van der Waals surface area (Å²) in [6, 6.07) is 18.9. The predicted octanol–water partition coefficient (Wildman–Crippen LogP) is 5.41. The Morgan fingerprint density at radius 1 is 1.06 bits per heavy atom. The quantitative estimate of drug-likeness (QED) is 0.382. The van der Waals surface area contributed by atoms with E-state index >= 15 is 0 Å². The molecule has 3 aromatic rings. The molecule has 0 spiro atoms. The summed E-state index contributed by atoms with van der Waals surface area (Å²) in [5, 5.41) is 4.18. The summed E-state index contributed by atoms with van der Waals surface area (Å²) in [7, 11) is 1.50. The molecule has 0 saturated carbocycles.